The van der Waals surface area contributed by atoms with Crippen LogP contribution in [-0.2, 0) is 4.79 Å². The second kappa shape index (κ2) is 5.75. The van der Waals surface area contributed by atoms with Crippen molar-refractivity contribution in [2.75, 3.05) is 6.54 Å². The molecule has 0 radical (unpaired) electrons. The third kappa shape index (κ3) is 2.18. The summed E-state index contributed by atoms with van der Waals surface area (Å²) < 4.78 is 0. The number of aromatic amines is 1. The van der Waals surface area contributed by atoms with Gasteiger partial charge in [-0.2, -0.15) is 0 Å². The number of H-pyrrole nitrogens is 1. The summed E-state index contributed by atoms with van der Waals surface area (Å²) in [6.07, 6.45) is 3.46. The van der Waals surface area contributed by atoms with Gasteiger partial charge in [0.25, 0.3) is 5.91 Å². The zero-order valence-electron chi connectivity index (χ0n) is 15.2. The predicted molar refractivity (Wildman–Crippen MR) is 107 cm³/mol. The highest BCUT2D eigenvalue weighted by Crippen LogP contribution is 2.50. The maximum atomic E-state index is 12.5. The Balaban J connectivity index is 1.61. The normalized spacial score (nSPS) is 17.5. The lowest BCUT2D eigenvalue weighted by molar-refractivity contribution is -0.126. The van der Waals surface area contributed by atoms with Crippen molar-refractivity contribution < 1.29 is 9.59 Å². The van der Waals surface area contributed by atoms with Crippen LogP contribution in [0.2, 0.25) is 0 Å². The van der Waals surface area contributed by atoms with Crippen molar-refractivity contribution in [1.82, 2.24) is 25.2 Å². The van der Waals surface area contributed by atoms with Crippen LogP contribution in [-0.4, -0.2) is 38.3 Å². The first-order valence-corrected chi connectivity index (χ1v) is 9.34. The van der Waals surface area contributed by atoms with E-state index in [-0.39, 0.29) is 18.5 Å². The smallest absolute Gasteiger partial charge is 0.325 e. The maximum absolute atomic E-state index is 12.5. The number of imide groups is 1. The minimum absolute atomic E-state index is 0.0309. The monoisotopic (exact) mass is 381 g/mol. The summed E-state index contributed by atoms with van der Waals surface area (Å²) in [5.74, 6) is 0.514. The standard InChI is InChI=1S/C22H15N5O2/c28-18-11-24-22(29)27(18)20-13-5-2-1-4-12(13)19-14(20)6-3-7-15(19)21-25-16-8-9-23-10-17(16)26-21/h1-10,20H,11H2,(H,24,29)(H,25,26). The average Bonchev–Trinajstić information content (AvgIpc) is 3.41. The number of nitrogens with one attached hydrogen (secondary N) is 2. The minimum atomic E-state index is -0.442. The van der Waals surface area contributed by atoms with E-state index in [0.29, 0.717) is 0 Å². The van der Waals surface area contributed by atoms with Gasteiger partial charge >= 0.3 is 6.03 Å². The van der Waals surface area contributed by atoms with E-state index in [4.69, 9.17) is 4.98 Å². The molecular weight excluding hydrogens is 366 g/mol. The molecule has 2 aliphatic rings. The molecule has 1 aliphatic heterocycles. The van der Waals surface area contributed by atoms with Gasteiger partial charge < -0.3 is 10.3 Å². The van der Waals surface area contributed by atoms with Crippen LogP contribution in [0.3, 0.4) is 0 Å². The van der Waals surface area contributed by atoms with Crippen LogP contribution in [0.4, 0.5) is 4.79 Å². The predicted octanol–water partition coefficient (Wildman–Crippen LogP) is 3.25. The van der Waals surface area contributed by atoms with Gasteiger partial charge in [0.2, 0.25) is 0 Å². The van der Waals surface area contributed by atoms with E-state index < -0.39 is 6.04 Å². The van der Waals surface area contributed by atoms with Crippen molar-refractivity contribution in [3.05, 3.63) is 72.1 Å². The fourth-order valence-corrected chi connectivity index (χ4v) is 4.39. The van der Waals surface area contributed by atoms with Crippen LogP contribution < -0.4 is 5.32 Å². The maximum Gasteiger partial charge on any atom is 0.325 e. The molecule has 29 heavy (non-hydrogen) atoms. The Morgan fingerprint density at radius 3 is 2.62 bits per heavy atom. The van der Waals surface area contributed by atoms with Gasteiger partial charge in [-0.25, -0.2) is 9.78 Å². The van der Waals surface area contributed by atoms with Crippen LogP contribution in [0.5, 0.6) is 0 Å². The molecule has 0 saturated carbocycles. The lowest BCUT2D eigenvalue weighted by Crippen LogP contribution is -2.34. The number of urea groups is 1. The SMILES string of the molecule is O=C1CNC(=O)N1C1c2ccccc2-c2c(-c3nc4ccncc4[nH]3)cccc21. The molecule has 3 heterocycles. The van der Waals surface area contributed by atoms with Crippen LogP contribution in [0.15, 0.2) is 60.9 Å². The fraction of sp³-hybridized carbons (Fsp3) is 0.0909. The van der Waals surface area contributed by atoms with Crippen LogP contribution >= 0.6 is 0 Å². The fourth-order valence-electron chi connectivity index (χ4n) is 4.39. The van der Waals surface area contributed by atoms with Gasteiger partial charge in [0.05, 0.1) is 29.8 Å². The van der Waals surface area contributed by atoms with Crippen molar-refractivity contribution in [2.45, 2.75) is 6.04 Å². The number of nitrogens with zero attached hydrogens (tertiary/aromatic N) is 3. The third-order valence-corrected chi connectivity index (χ3v) is 5.59. The lowest BCUT2D eigenvalue weighted by Gasteiger charge is -2.23. The van der Waals surface area contributed by atoms with Crippen LogP contribution in [0.1, 0.15) is 17.2 Å². The average molecular weight is 381 g/mol. The first-order chi connectivity index (χ1) is 14.2. The Morgan fingerprint density at radius 1 is 0.966 bits per heavy atom. The molecule has 1 fully saturated rings. The van der Waals surface area contributed by atoms with E-state index in [1.54, 1.807) is 12.4 Å². The van der Waals surface area contributed by atoms with Crippen molar-refractivity contribution in [3.63, 3.8) is 0 Å². The molecule has 7 nitrogen and oxygen atoms in total. The molecule has 140 valence electrons. The number of aromatic nitrogens is 3. The molecule has 7 heteroatoms. The first kappa shape index (κ1) is 16.0. The van der Waals surface area contributed by atoms with Crippen molar-refractivity contribution in [2.24, 2.45) is 0 Å². The Hall–Kier alpha value is -4.00. The Morgan fingerprint density at radius 2 is 1.79 bits per heavy atom. The van der Waals surface area contributed by atoms with Crippen LogP contribution in [0.25, 0.3) is 33.5 Å². The van der Waals surface area contributed by atoms with E-state index in [2.05, 4.69) is 15.3 Å². The number of carbonyl (C=O) groups excluding carboxylic acids is 2. The number of amides is 3. The molecule has 2 aromatic carbocycles. The highest BCUT2D eigenvalue weighted by atomic mass is 16.2. The summed E-state index contributed by atoms with van der Waals surface area (Å²) in [7, 11) is 0. The number of hydrogen-bond donors (Lipinski definition) is 2. The second-order valence-corrected chi connectivity index (χ2v) is 7.16. The highest BCUT2D eigenvalue weighted by molar-refractivity contribution is 6.04. The molecule has 2 N–H and O–H groups in total. The second-order valence-electron chi connectivity index (χ2n) is 7.16. The third-order valence-electron chi connectivity index (χ3n) is 5.59. The van der Waals surface area contributed by atoms with E-state index in [1.165, 1.54) is 4.90 Å². The number of carbonyl (C=O) groups is 2. The minimum Gasteiger partial charge on any atom is -0.337 e. The number of hydrogen-bond acceptors (Lipinski definition) is 4. The quantitative estimate of drug-likeness (QED) is 0.522. The van der Waals surface area contributed by atoms with Crippen molar-refractivity contribution in [1.29, 1.82) is 0 Å². The van der Waals surface area contributed by atoms with E-state index in [0.717, 1.165) is 44.7 Å². The molecule has 1 unspecified atom stereocenters. The Kier molecular flexibility index (Phi) is 3.17. The molecule has 3 amide bonds. The number of rotatable bonds is 2. The molecule has 1 atom stereocenters. The molecule has 0 spiro atoms. The van der Waals surface area contributed by atoms with Crippen LogP contribution in [0, 0.1) is 0 Å². The molecule has 1 saturated heterocycles. The molecule has 4 aromatic rings. The van der Waals surface area contributed by atoms with E-state index >= 15 is 0 Å². The number of fused-ring (bicyclic) bond motifs is 4. The molecule has 0 bridgehead atoms. The Bertz CT molecular complexity index is 1280. The van der Waals surface area contributed by atoms with Gasteiger partial charge in [-0.05, 0) is 28.3 Å². The van der Waals surface area contributed by atoms with Gasteiger partial charge in [0, 0.05) is 11.8 Å². The Labute approximate surface area is 165 Å². The van der Waals surface area contributed by atoms with Gasteiger partial charge in [-0.15, -0.1) is 0 Å². The summed E-state index contributed by atoms with van der Waals surface area (Å²) in [5, 5.41) is 2.63. The topological polar surface area (TPSA) is 91.0 Å². The van der Waals surface area contributed by atoms with Gasteiger partial charge in [0.15, 0.2) is 0 Å². The largest absolute Gasteiger partial charge is 0.337 e. The molecular formula is C22H15N5O2. The summed E-state index contributed by atoms with van der Waals surface area (Å²) in [5.41, 5.74) is 6.50. The summed E-state index contributed by atoms with van der Waals surface area (Å²) in [6.45, 7) is 0.0309. The summed E-state index contributed by atoms with van der Waals surface area (Å²) in [4.78, 5) is 38.5. The van der Waals surface area contributed by atoms with E-state index in [9.17, 15) is 9.59 Å². The zero-order valence-corrected chi connectivity index (χ0v) is 15.2. The van der Waals surface area contributed by atoms with Crippen molar-refractivity contribution in [3.8, 4) is 22.5 Å². The summed E-state index contributed by atoms with van der Waals surface area (Å²) in [6, 6.07) is 14.9. The molecule has 1 aliphatic carbocycles. The molecule has 2 aromatic heterocycles. The highest BCUT2D eigenvalue weighted by Gasteiger charge is 2.42. The van der Waals surface area contributed by atoms with Gasteiger partial charge in [-0.1, -0.05) is 42.5 Å². The van der Waals surface area contributed by atoms with E-state index in [1.807, 2.05) is 48.5 Å². The van der Waals surface area contributed by atoms with Crippen molar-refractivity contribution >= 4 is 23.0 Å². The zero-order chi connectivity index (χ0) is 19.5. The summed E-state index contributed by atoms with van der Waals surface area (Å²) >= 11 is 0. The number of imidazole rings is 1. The van der Waals surface area contributed by atoms with Gasteiger partial charge in [0.1, 0.15) is 5.82 Å². The number of benzene rings is 2. The first-order valence-electron chi connectivity index (χ1n) is 9.34. The molecule has 6 rings (SSSR count). The van der Waals surface area contributed by atoms with Gasteiger partial charge in [-0.3, -0.25) is 14.7 Å². The lowest BCUT2D eigenvalue weighted by atomic mass is 9.98. The number of pyridine rings is 1.